The Morgan fingerprint density at radius 2 is 1.75 bits per heavy atom. The Hall–Kier alpha value is -3.95. The molecule has 0 amide bonds. The zero-order chi connectivity index (χ0) is 25.3. The topological polar surface area (TPSA) is 127 Å². The zero-order valence-corrected chi connectivity index (χ0v) is 20.3. The highest BCUT2D eigenvalue weighted by molar-refractivity contribution is 5.94. The number of hydrogen-bond acceptors (Lipinski definition) is 9. The van der Waals surface area contributed by atoms with Crippen LogP contribution < -0.4 is 10.6 Å². The average molecular weight is 485 g/mol. The molecule has 0 saturated carbocycles. The van der Waals surface area contributed by atoms with Crippen LogP contribution in [0, 0.1) is 0 Å². The van der Waals surface area contributed by atoms with Crippen LogP contribution in [0.15, 0.2) is 54.9 Å². The van der Waals surface area contributed by atoms with Gasteiger partial charge < -0.3 is 20.5 Å². The van der Waals surface area contributed by atoms with E-state index in [4.69, 9.17) is 20.4 Å². The Kier molecular flexibility index (Phi) is 6.34. The Labute approximate surface area is 209 Å². The van der Waals surface area contributed by atoms with Crippen molar-refractivity contribution < 1.29 is 14.6 Å². The third-order valence-corrected chi connectivity index (χ3v) is 6.22. The molecule has 9 heteroatoms. The molecule has 0 bridgehead atoms. The molecule has 0 radical (unpaired) electrons. The largest absolute Gasteiger partial charge is 0.383 e. The fourth-order valence-electron chi connectivity index (χ4n) is 4.15. The van der Waals surface area contributed by atoms with E-state index in [1.165, 1.54) is 13.8 Å². The minimum absolute atomic E-state index is 0.162. The molecule has 1 fully saturated rings. The number of nitrogen functional groups attached to an aromatic ring is 1. The Morgan fingerprint density at radius 1 is 1.03 bits per heavy atom. The highest BCUT2D eigenvalue weighted by atomic mass is 16.5. The number of ketones is 1. The van der Waals surface area contributed by atoms with Crippen molar-refractivity contribution in [2.45, 2.75) is 25.9 Å². The highest BCUT2D eigenvalue weighted by Crippen LogP contribution is 2.32. The lowest BCUT2D eigenvalue weighted by atomic mass is 9.95. The number of nitrogens with zero attached hydrogens (tertiary/aromatic N) is 5. The van der Waals surface area contributed by atoms with Gasteiger partial charge >= 0.3 is 0 Å². The van der Waals surface area contributed by atoms with E-state index in [0.29, 0.717) is 24.6 Å². The molecule has 9 nitrogen and oxygen atoms in total. The van der Waals surface area contributed by atoms with Crippen molar-refractivity contribution in [3.63, 3.8) is 0 Å². The van der Waals surface area contributed by atoms with E-state index in [0.717, 1.165) is 46.5 Å². The number of rotatable bonds is 6. The third-order valence-electron chi connectivity index (χ3n) is 6.22. The number of aromatic nitrogens is 4. The van der Waals surface area contributed by atoms with Crippen molar-refractivity contribution in [2.75, 3.05) is 36.9 Å². The van der Waals surface area contributed by atoms with Gasteiger partial charge in [-0.1, -0.05) is 30.3 Å². The summed E-state index contributed by atoms with van der Waals surface area (Å²) in [7, 11) is 0. The normalized spacial score (nSPS) is 14.2. The Bertz CT molecular complexity index is 1410. The van der Waals surface area contributed by atoms with Crippen molar-refractivity contribution in [3.8, 4) is 22.5 Å². The average Bonchev–Trinajstić information content (AvgIpc) is 2.88. The second kappa shape index (κ2) is 9.60. The molecule has 0 unspecified atom stereocenters. The summed E-state index contributed by atoms with van der Waals surface area (Å²) in [6.07, 6.45) is 3.41. The molecule has 36 heavy (non-hydrogen) atoms. The number of carbonyl (C=O) groups is 1. The van der Waals surface area contributed by atoms with Crippen LogP contribution in [0.5, 0.6) is 0 Å². The number of Topliss-reactive ketones (excluding diaryl/α,β-unsaturated/α-hetero) is 1. The van der Waals surface area contributed by atoms with Gasteiger partial charge in [-0.3, -0.25) is 4.79 Å². The minimum Gasteiger partial charge on any atom is -0.383 e. The van der Waals surface area contributed by atoms with Crippen LogP contribution in [0.4, 0.5) is 11.8 Å². The van der Waals surface area contributed by atoms with E-state index in [-0.39, 0.29) is 18.2 Å². The van der Waals surface area contributed by atoms with Gasteiger partial charge in [-0.2, -0.15) is 0 Å². The number of aliphatic hydroxyl groups is 1. The van der Waals surface area contributed by atoms with Gasteiger partial charge in [0.1, 0.15) is 11.4 Å². The van der Waals surface area contributed by atoms with Crippen LogP contribution in [0.3, 0.4) is 0 Å². The lowest BCUT2D eigenvalue weighted by Crippen LogP contribution is -2.37. The van der Waals surface area contributed by atoms with Crippen molar-refractivity contribution in [3.05, 3.63) is 60.4 Å². The second-order valence-corrected chi connectivity index (χ2v) is 9.39. The maximum Gasteiger partial charge on any atom is 0.219 e. The van der Waals surface area contributed by atoms with Crippen molar-refractivity contribution >= 4 is 28.5 Å². The first-order valence-electron chi connectivity index (χ1n) is 11.9. The van der Waals surface area contributed by atoms with E-state index in [2.05, 4.69) is 14.9 Å². The molecule has 184 valence electrons. The van der Waals surface area contributed by atoms with Gasteiger partial charge in [0.2, 0.25) is 5.95 Å². The standard InChI is InChI=1S/C27H28N6O3/c1-27(2,35)23(34)13-17-4-3-5-18(12-17)19-6-7-21-22(14-19)31-24(20-15-29-26(28)30-16-20)32-25(21)33-8-10-36-11-9-33/h3-7,12,14-16,35H,8-11,13H2,1-2H3,(H2,28,29,30). The molecule has 5 rings (SSSR count). The summed E-state index contributed by atoms with van der Waals surface area (Å²) in [6.45, 7) is 5.78. The molecule has 3 N–H and O–H groups in total. The summed E-state index contributed by atoms with van der Waals surface area (Å²) in [5.74, 6) is 1.33. The van der Waals surface area contributed by atoms with Crippen LogP contribution in [0.1, 0.15) is 19.4 Å². The predicted octanol–water partition coefficient (Wildman–Crippen LogP) is 3.06. The number of morpholine rings is 1. The van der Waals surface area contributed by atoms with Crippen molar-refractivity contribution in [1.29, 1.82) is 0 Å². The monoisotopic (exact) mass is 484 g/mol. The molecule has 2 aromatic heterocycles. The van der Waals surface area contributed by atoms with Gasteiger partial charge in [-0.15, -0.1) is 0 Å². The maximum atomic E-state index is 12.3. The molecule has 0 spiro atoms. The summed E-state index contributed by atoms with van der Waals surface area (Å²) in [5.41, 5.74) is 8.54. The van der Waals surface area contributed by atoms with Crippen LogP contribution >= 0.6 is 0 Å². The molecule has 0 atom stereocenters. The van der Waals surface area contributed by atoms with Gasteiger partial charge in [0.15, 0.2) is 11.6 Å². The van der Waals surface area contributed by atoms with E-state index < -0.39 is 5.60 Å². The minimum atomic E-state index is -1.37. The summed E-state index contributed by atoms with van der Waals surface area (Å²) in [6, 6.07) is 13.9. The predicted molar refractivity (Wildman–Crippen MR) is 138 cm³/mol. The summed E-state index contributed by atoms with van der Waals surface area (Å²) in [4.78, 5) is 32.5. The number of fused-ring (bicyclic) bond motifs is 1. The number of carbonyl (C=O) groups excluding carboxylic acids is 1. The maximum absolute atomic E-state index is 12.3. The van der Waals surface area contributed by atoms with Gasteiger partial charge in [-0.25, -0.2) is 19.9 Å². The molecule has 3 heterocycles. The van der Waals surface area contributed by atoms with Gasteiger partial charge in [0.05, 0.1) is 24.3 Å². The third kappa shape index (κ3) is 5.02. The van der Waals surface area contributed by atoms with Crippen molar-refractivity contribution in [2.24, 2.45) is 0 Å². The van der Waals surface area contributed by atoms with E-state index in [9.17, 15) is 9.90 Å². The first kappa shape index (κ1) is 23.8. The first-order chi connectivity index (χ1) is 17.3. The number of hydrogen-bond donors (Lipinski definition) is 2. The van der Waals surface area contributed by atoms with E-state index >= 15 is 0 Å². The zero-order valence-electron chi connectivity index (χ0n) is 20.3. The first-order valence-corrected chi connectivity index (χ1v) is 11.9. The molecule has 0 aliphatic carbocycles. The summed E-state index contributed by atoms with van der Waals surface area (Å²) in [5, 5.41) is 11.0. The SMILES string of the molecule is CC(C)(O)C(=O)Cc1cccc(-c2ccc3c(N4CCOCC4)nc(-c4cnc(N)nc4)nc3c2)c1. The molecule has 2 aromatic carbocycles. The smallest absolute Gasteiger partial charge is 0.219 e. The second-order valence-electron chi connectivity index (χ2n) is 9.39. The van der Waals surface area contributed by atoms with Crippen molar-refractivity contribution in [1.82, 2.24) is 19.9 Å². The van der Waals surface area contributed by atoms with Gasteiger partial charge in [0, 0.05) is 37.3 Å². The molecule has 1 aliphatic heterocycles. The van der Waals surface area contributed by atoms with Gasteiger partial charge in [-0.05, 0) is 42.7 Å². The molecule has 1 aliphatic rings. The quantitative estimate of drug-likeness (QED) is 0.424. The van der Waals surface area contributed by atoms with E-state index in [1.807, 2.05) is 42.5 Å². The molecule has 4 aromatic rings. The lowest BCUT2D eigenvalue weighted by molar-refractivity contribution is -0.133. The number of benzene rings is 2. The van der Waals surface area contributed by atoms with Gasteiger partial charge in [0.25, 0.3) is 0 Å². The van der Waals surface area contributed by atoms with Crippen LogP contribution in [-0.4, -0.2) is 62.7 Å². The van der Waals surface area contributed by atoms with Crippen LogP contribution in [-0.2, 0) is 16.0 Å². The Balaban J connectivity index is 1.58. The summed E-state index contributed by atoms with van der Waals surface area (Å²) >= 11 is 0. The number of ether oxygens (including phenoxy) is 1. The van der Waals surface area contributed by atoms with E-state index in [1.54, 1.807) is 12.4 Å². The van der Waals surface area contributed by atoms with Crippen LogP contribution in [0.2, 0.25) is 0 Å². The van der Waals surface area contributed by atoms with Crippen LogP contribution in [0.25, 0.3) is 33.4 Å². The number of anilines is 2. The molecular weight excluding hydrogens is 456 g/mol. The number of nitrogens with two attached hydrogens (primary N) is 1. The lowest BCUT2D eigenvalue weighted by Gasteiger charge is -2.29. The fraction of sp³-hybridized carbons (Fsp3) is 0.296. The fourth-order valence-corrected chi connectivity index (χ4v) is 4.15. The molecular formula is C27H28N6O3. The summed E-state index contributed by atoms with van der Waals surface area (Å²) < 4.78 is 5.54. The Morgan fingerprint density at radius 3 is 2.47 bits per heavy atom. The highest BCUT2D eigenvalue weighted by Gasteiger charge is 2.23. The molecule has 1 saturated heterocycles.